The summed E-state index contributed by atoms with van der Waals surface area (Å²) < 4.78 is 0. The van der Waals surface area contributed by atoms with Gasteiger partial charge < -0.3 is 5.32 Å². The number of rotatable bonds is 4. The molecule has 0 aromatic rings. The molecule has 0 unspecified atom stereocenters. The summed E-state index contributed by atoms with van der Waals surface area (Å²) in [6, 6.07) is 0. The third kappa shape index (κ3) is 2.90. The highest BCUT2D eigenvalue weighted by Gasteiger charge is 2.54. The largest absolute Gasteiger partial charge is 0.352 e. The highest BCUT2D eigenvalue weighted by molar-refractivity contribution is 5.83. The summed E-state index contributed by atoms with van der Waals surface area (Å²) in [7, 11) is 0. The lowest BCUT2D eigenvalue weighted by molar-refractivity contribution is -0.146. The van der Waals surface area contributed by atoms with E-state index < -0.39 is 0 Å². The zero-order valence-corrected chi connectivity index (χ0v) is 14.6. The van der Waals surface area contributed by atoms with E-state index in [4.69, 9.17) is 0 Å². The first-order chi connectivity index (χ1) is 11.0. The van der Waals surface area contributed by atoms with Crippen LogP contribution in [0.25, 0.3) is 0 Å². The summed E-state index contributed by atoms with van der Waals surface area (Å²) in [5, 5.41) is 3.32. The standard InChI is InChI=1S/C21H31NO/c1-14(2)19-5-3-15(4-6-19)13-22-20(23)21-10-16-7-17(11-21)9-18(8-16)12-21/h3,16-19H,1,4-13H2,2H3,(H,22,23)/t16?,17?,18?,19-,21?/m1/s1. The van der Waals surface area contributed by atoms with E-state index in [1.165, 1.54) is 56.1 Å². The van der Waals surface area contributed by atoms with E-state index in [1.54, 1.807) is 0 Å². The van der Waals surface area contributed by atoms with Crippen LogP contribution in [0.2, 0.25) is 0 Å². The summed E-state index contributed by atoms with van der Waals surface area (Å²) in [6.45, 7) is 7.00. The van der Waals surface area contributed by atoms with E-state index in [0.717, 1.165) is 37.1 Å². The van der Waals surface area contributed by atoms with Gasteiger partial charge in [0.2, 0.25) is 5.91 Å². The topological polar surface area (TPSA) is 29.1 Å². The normalized spacial score (nSPS) is 41.5. The molecule has 2 nitrogen and oxygen atoms in total. The van der Waals surface area contributed by atoms with Gasteiger partial charge >= 0.3 is 0 Å². The first-order valence-electron chi connectivity index (χ1n) is 9.66. The summed E-state index contributed by atoms with van der Waals surface area (Å²) in [5.41, 5.74) is 2.74. The van der Waals surface area contributed by atoms with Gasteiger partial charge in [0.05, 0.1) is 0 Å². The quantitative estimate of drug-likeness (QED) is 0.754. The predicted molar refractivity (Wildman–Crippen MR) is 93.9 cm³/mol. The van der Waals surface area contributed by atoms with Crippen molar-refractivity contribution < 1.29 is 4.79 Å². The molecule has 0 aromatic heterocycles. The first kappa shape index (κ1) is 15.5. The maximum atomic E-state index is 13.0. The molecular formula is C21H31NO. The third-order valence-corrected chi connectivity index (χ3v) is 7.20. The molecule has 0 saturated heterocycles. The Morgan fingerprint density at radius 2 is 1.83 bits per heavy atom. The molecule has 0 aromatic carbocycles. The van der Waals surface area contributed by atoms with E-state index in [9.17, 15) is 4.79 Å². The van der Waals surface area contributed by atoms with E-state index >= 15 is 0 Å². The van der Waals surface area contributed by atoms with Gasteiger partial charge in [0, 0.05) is 12.0 Å². The van der Waals surface area contributed by atoms with Crippen molar-refractivity contribution >= 4 is 5.91 Å². The molecule has 23 heavy (non-hydrogen) atoms. The molecule has 5 aliphatic carbocycles. The van der Waals surface area contributed by atoms with Gasteiger partial charge in [0.1, 0.15) is 0 Å². The molecule has 4 fully saturated rings. The number of nitrogens with one attached hydrogen (secondary N) is 1. The maximum Gasteiger partial charge on any atom is 0.226 e. The average molecular weight is 313 g/mol. The smallest absolute Gasteiger partial charge is 0.226 e. The van der Waals surface area contributed by atoms with Crippen LogP contribution in [0.1, 0.15) is 64.7 Å². The second kappa shape index (κ2) is 5.79. The van der Waals surface area contributed by atoms with Gasteiger partial charge in [-0.15, -0.1) is 0 Å². The van der Waals surface area contributed by atoms with Crippen LogP contribution in [-0.2, 0) is 4.79 Å². The Balaban J connectivity index is 1.35. The molecule has 4 bridgehead atoms. The Morgan fingerprint density at radius 1 is 1.22 bits per heavy atom. The molecule has 0 spiro atoms. The second-order valence-electron chi connectivity index (χ2n) is 9.06. The van der Waals surface area contributed by atoms with Crippen molar-refractivity contribution in [1.29, 1.82) is 0 Å². The summed E-state index contributed by atoms with van der Waals surface area (Å²) in [4.78, 5) is 13.0. The Bertz CT molecular complexity index is 509. The molecular weight excluding hydrogens is 282 g/mol. The van der Waals surface area contributed by atoms with E-state index in [0.29, 0.717) is 11.8 Å². The first-order valence-corrected chi connectivity index (χ1v) is 9.66. The van der Waals surface area contributed by atoms with Gasteiger partial charge in [-0.2, -0.15) is 0 Å². The van der Waals surface area contributed by atoms with Crippen LogP contribution in [0.3, 0.4) is 0 Å². The summed E-state index contributed by atoms with van der Waals surface area (Å²) in [6.07, 6.45) is 13.5. The molecule has 0 heterocycles. The SMILES string of the molecule is C=C(C)[C@@H]1CC=C(CNC(=O)C23CC4CC(CC(C4)C2)C3)CC1. The molecule has 0 radical (unpaired) electrons. The van der Waals surface area contributed by atoms with E-state index in [1.807, 2.05) is 0 Å². The summed E-state index contributed by atoms with van der Waals surface area (Å²) >= 11 is 0. The highest BCUT2D eigenvalue weighted by Crippen LogP contribution is 2.60. The lowest BCUT2D eigenvalue weighted by atomic mass is 9.49. The minimum absolute atomic E-state index is 0.00418. The van der Waals surface area contributed by atoms with Gasteiger partial charge in [-0.05, 0) is 88.4 Å². The molecule has 5 rings (SSSR count). The number of carbonyl (C=O) groups is 1. The molecule has 1 atom stereocenters. The Kier molecular flexibility index (Phi) is 3.90. The Morgan fingerprint density at radius 3 is 2.30 bits per heavy atom. The Labute approximate surface area is 140 Å². The molecule has 2 heteroatoms. The molecule has 5 aliphatic rings. The highest BCUT2D eigenvalue weighted by atomic mass is 16.2. The minimum atomic E-state index is 0.00418. The number of hydrogen-bond acceptors (Lipinski definition) is 1. The van der Waals surface area contributed by atoms with Crippen LogP contribution in [0.5, 0.6) is 0 Å². The summed E-state index contributed by atoms with van der Waals surface area (Å²) in [5.74, 6) is 3.56. The van der Waals surface area contributed by atoms with Crippen molar-refractivity contribution in [3.05, 3.63) is 23.8 Å². The van der Waals surface area contributed by atoms with Crippen LogP contribution in [0, 0.1) is 29.1 Å². The molecule has 1 amide bonds. The number of amides is 1. The Hall–Kier alpha value is -1.05. The minimum Gasteiger partial charge on any atom is -0.352 e. The van der Waals surface area contributed by atoms with Crippen LogP contribution >= 0.6 is 0 Å². The van der Waals surface area contributed by atoms with Crippen LogP contribution < -0.4 is 5.32 Å². The van der Waals surface area contributed by atoms with Gasteiger partial charge in [-0.3, -0.25) is 4.79 Å². The van der Waals surface area contributed by atoms with Crippen LogP contribution in [0.15, 0.2) is 23.8 Å². The predicted octanol–water partition coefficient (Wildman–Crippen LogP) is 4.62. The molecule has 126 valence electrons. The van der Waals surface area contributed by atoms with Crippen molar-refractivity contribution in [3.63, 3.8) is 0 Å². The number of carbonyl (C=O) groups excluding carboxylic acids is 1. The van der Waals surface area contributed by atoms with Gasteiger partial charge in [-0.1, -0.05) is 23.8 Å². The zero-order chi connectivity index (χ0) is 16.0. The second-order valence-corrected chi connectivity index (χ2v) is 9.06. The van der Waals surface area contributed by atoms with Crippen molar-refractivity contribution in [3.8, 4) is 0 Å². The number of hydrogen-bond donors (Lipinski definition) is 1. The van der Waals surface area contributed by atoms with Gasteiger partial charge in [0.15, 0.2) is 0 Å². The molecule has 4 saturated carbocycles. The van der Waals surface area contributed by atoms with Gasteiger partial charge in [-0.25, -0.2) is 0 Å². The molecule has 0 aliphatic heterocycles. The average Bonchev–Trinajstić information content (AvgIpc) is 2.51. The maximum absolute atomic E-state index is 13.0. The van der Waals surface area contributed by atoms with E-state index in [-0.39, 0.29) is 5.41 Å². The zero-order valence-electron chi connectivity index (χ0n) is 14.6. The van der Waals surface area contributed by atoms with Crippen molar-refractivity contribution in [2.75, 3.05) is 6.54 Å². The fraction of sp³-hybridized carbons (Fsp3) is 0.762. The third-order valence-electron chi connectivity index (χ3n) is 7.20. The lowest BCUT2D eigenvalue weighted by Crippen LogP contribution is -2.53. The van der Waals surface area contributed by atoms with Crippen LogP contribution in [-0.4, -0.2) is 12.5 Å². The van der Waals surface area contributed by atoms with Crippen LogP contribution in [0.4, 0.5) is 0 Å². The van der Waals surface area contributed by atoms with Crippen molar-refractivity contribution in [2.45, 2.75) is 64.7 Å². The van der Waals surface area contributed by atoms with Crippen molar-refractivity contribution in [2.24, 2.45) is 29.1 Å². The molecule has 1 N–H and O–H groups in total. The lowest BCUT2D eigenvalue weighted by Gasteiger charge is -2.55. The van der Waals surface area contributed by atoms with Crippen molar-refractivity contribution in [1.82, 2.24) is 5.32 Å². The fourth-order valence-electron chi connectivity index (χ4n) is 6.27. The van der Waals surface area contributed by atoms with Gasteiger partial charge in [0.25, 0.3) is 0 Å². The number of allylic oxidation sites excluding steroid dienone is 2. The monoisotopic (exact) mass is 313 g/mol. The van der Waals surface area contributed by atoms with E-state index in [2.05, 4.69) is 24.9 Å². The fourth-order valence-corrected chi connectivity index (χ4v) is 6.27.